The van der Waals surface area contributed by atoms with Crippen molar-refractivity contribution in [2.45, 2.75) is 25.8 Å². The van der Waals surface area contributed by atoms with Crippen LogP contribution in [0.15, 0.2) is 54.7 Å². The number of carbonyl (C=O) groups excluding carboxylic acids is 2. The molecule has 2 aromatic heterocycles. The number of carbonyl (C=O) groups is 2. The maximum Gasteiger partial charge on any atom is 0.290 e. The first-order valence-corrected chi connectivity index (χ1v) is 9.71. The van der Waals surface area contributed by atoms with Crippen molar-refractivity contribution in [2.24, 2.45) is 0 Å². The third-order valence-electron chi connectivity index (χ3n) is 5.19. The lowest BCUT2D eigenvalue weighted by Crippen LogP contribution is -2.36. The molecule has 4 rings (SSSR count). The van der Waals surface area contributed by atoms with Crippen molar-refractivity contribution in [3.63, 3.8) is 0 Å². The molecule has 0 aliphatic carbocycles. The molecule has 6 heteroatoms. The summed E-state index contributed by atoms with van der Waals surface area (Å²) in [6.45, 7) is 1.99. The second-order valence-electron chi connectivity index (χ2n) is 7.24. The Morgan fingerprint density at radius 1 is 1.00 bits per heavy atom. The zero-order valence-corrected chi connectivity index (χ0v) is 16.0. The molecule has 0 spiro atoms. The van der Waals surface area contributed by atoms with Crippen LogP contribution in [0.25, 0.3) is 5.52 Å². The number of amides is 2. The van der Waals surface area contributed by atoms with E-state index in [1.807, 2.05) is 53.4 Å². The molecule has 0 bridgehead atoms. The molecule has 0 unspecified atom stereocenters. The monoisotopic (exact) mass is 376 g/mol. The topological polar surface area (TPSA) is 57.9 Å². The molecule has 0 N–H and O–H groups in total. The second kappa shape index (κ2) is 7.84. The molecule has 2 amide bonds. The Hall–Kier alpha value is -3.15. The van der Waals surface area contributed by atoms with Gasteiger partial charge in [0.25, 0.3) is 11.8 Å². The Morgan fingerprint density at radius 3 is 2.46 bits per heavy atom. The quantitative estimate of drug-likeness (QED) is 0.702. The highest BCUT2D eigenvalue weighted by molar-refractivity contribution is 6.02. The summed E-state index contributed by atoms with van der Waals surface area (Å²) in [6, 6.07) is 15.4. The Labute approximate surface area is 164 Å². The molecule has 6 nitrogen and oxygen atoms in total. The number of benzene rings is 1. The summed E-state index contributed by atoms with van der Waals surface area (Å²) in [5, 5.41) is 0. The number of aromatic nitrogens is 2. The average molecular weight is 376 g/mol. The largest absolute Gasteiger partial charge is 0.337 e. The predicted molar refractivity (Wildman–Crippen MR) is 107 cm³/mol. The third-order valence-corrected chi connectivity index (χ3v) is 5.19. The molecule has 1 aromatic carbocycles. The lowest BCUT2D eigenvalue weighted by molar-refractivity contribution is 0.0720. The number of likely N-dealkylation sites (tertiary alicyclic amines) is 1. The van der Waals surface area contributed by atoms with E-state index in [1.165, 1.54) is 0 Å². The van der Waals surface area contributed by atoms with Crippen LogP contribution in [0.5, 0.6) is 0 Å². The van der Waals surface area contributed by atoms with Crippen LogP contribution in [-0.4, -0.2) is 51.1 Å². The number of imidazole rings is 1. The maximum absolute atomic E-state index is 13.1. The summed E-state index contributed by atoms with van der Waals surface area (Å²) >= 11 is 0. The third kappa shape index (κ3) is 3.50. The first-order valence-electron chi connectivity index (χ1n) is 9.71. The van der Waals surface area contributed by atoms with Crippen molar-refractivity contribution in [3.8, 4) is 0 Å². The van der Waals surface area contributed by atoms with Gasteiger partial charge in [-0.15, -0.1) is 0 Å². The molecule has 1 aliphatic heterocycles. The standard InChI is InChI=1S/C22H24N4O2/c1-24(16-17-10-4-2-5-11-17)22(28)20-23-19(18-12-6-9-15-26(18)20)21(27)25-13-7-3-8-14-25/h2,4-6,9-12,15H,3,7-8,13-14,16H2,1H3. The Morgan fingerprint density at radius 2 is 1.71 bits per heavy atom. The van der Waals surface area contributed by atoms with Crippen molar-refractivity contribution >= 4 is 17.3 Å². The van der Waals surface area contributed by atoms with Crippen LogP contribution in [0.4, 0.5) is 0 Å². The first kappa shape index (κ1) is 18.2. The second-order valence-corrected chi connectivity index (χ2v) is 7.24. The van der Waals surface area contributed by atoms with E-state index in [-0.39, 0.29) is 17.6 Å². The molecule has 144 valence electrons. The van der Waals surface area contributed by atoms with Gasteiger partial charge in [0.2, 0.25) is 5.82 Å². The molecular weight excluding hydrogens is 352 g/mol. The van der Waals surface area contributed by atoms with Gasteiger partial charge in [-0.05, 0) is 37.0 Å². The fraction of sp³-hybridized carbons (Fsp3) is 0.318. The minimum absolute atomic E-state index is 0.0897. The van der Waals surface area contributed by atoms with Crippen LogP contribution in [0.3, 0.4) is 0 Å². The number of piperidine rings is 1. The van der Waals surface area contributed by atoms with Gasteiger partial charge in [-0.3, -0.25) is 14.0 Å². The van der Waals surface area contributed by atoms with Crippen LogP contribution in [0.2, 0.25) is 0 Å². The van der Waals surface area contributed by atoms with Gasteiger partial charge in [-0.25, -0.2) is 4.98 Å². The fourth-order valence-corrected chi connectivity index (χ4v) is 3.69. The fourth-order valence-electron chi connectivity index (χ4n) is 3.69. The molecule has 0 radical (unpaired) electrons. The molecule has 28 heavy (non-hydrogen) atoms. The lowest BCUT2D eigenvalue weighted by Gasteiger charge is -2.25. The van der Waals surface area contributed by atoms with Crippen LogP contribution in [0, 0.1) is 0 Å². The van der Waals surface area contributed by atoms with Gasteiger partial charge in [0.1, 0.15) is 0 Å². The minimum Gasteiger partial charge on any atom is -0.337 e. The van der Waals surface area contributed by atoms with Crippen molar-refractivity contribution in [1.82, 2.24) is 19.2 Å². The highest BCUT2D eigenvalue weighted by Gasteiger charge is 2.27. The number of hydrogen-bond donors (Lipinski definition) is 0. The maximum atomic E-state index is 13.1. The number of pyridine rings is 1. The zero-order chi connectivity index (χ0) is 19.5. The Balaban J connectivity index is 1.65. The van der Waals surface area contributed by atoms with Crippen LogP contribution >= 0.6 is 0 Å². The van der Waals surface area contributed by atoms with Crippen molar-refractivity contribution in [2.75, 3.05) is 20.1 Å². The van der Waals surface area contributed by atoms with Crippen LogP contribution in [-0.2, 0) is 6.54 Å². The van der Waals surface area contributed by atoms with E-state index in [2.05, 4.69) is 4.98 Å². The zero-order valence-electron chi connectivity index (χ0n) is 16.0. The summed E-state index contributed by atoms with van der Waals surface area (Å²) in [7, 11) is 1.76. The summed E-state index contributed by atoms with van der Waals surface area (Å²) in [5.41, 5.74) is 2.08. The average Bonchev–Trinajstić information content (AvgIpc) is 3.13. The van der Waals surface area contributed by atoms with Crippen molar-refractivity contribution < 1.29 is 9.59 Å². The Kier molecular flexibility index (Phi) is 5.10. The minimum atomic E-state index is -0.206. The van der Waals surface area contributed by atoms with Crippen LogP contribution < -0.4 is 0 Å². The van der Waals surface area contributed by atoms with Gasteiger partial charge in [0.15, 0.2) is 5.69 Å². The highest BCUT2D eigenvalue weighted by Crippen LogP contribution is 2.19. The SMILES string of the molecule is CN(Cc1ccccc1)C(=O)c1nc(C(=O)N2CCCCC2)c2ccccn12. The molecule has 1 fully saturated rings. The van der Waals surface area contributed by atoms with Gasteiger partial charge in [-0.2, -0.15) is 0 Å². The van der Waals surface area contributed by atoms with E-state index < -0.39 is 0 Å². The number of hydrogen-bond acceptors (Lipinski definition) is 3. The Bertz CT molecular complexity index is 990. The predicted octanol–water partition coefficient (Wildman–Crippen LogP) is 3.23. The van der Waals surface area contributed by atoms with E-state index in [0.717, 1.165) is 37.9 Å². The summed E-state index contributed by atoms with van der Waals surface area (Å²) in [6.07, 6.45) is 4.98. The normalized spacial score (nSPS) is 14.2. The molecule has 0 atom stereocenters. The molecule has 1 aliphatic rings. The van der Waals surface area contributed by atoms with Gasteiger partial charge in [0.05, 0.1) is 5.52 Å². The van der Waals surface area contributed by atoms with Gasteiger partial charge in [0, 0.05) is 32.9 Å². The number of rotatable bonds is 4. The van der Waals surface area contributed by atoms with Crippen molar-refractivity contribution in [3.05, 3.63) is 71.8 Å². The molecule has 3 heterocycles. The van der Waals surface area contributed by atoms with E-state index >= 15 is 0 Å². The molecule has 3 aromatic rings. The van der Waals surface area contributed by atoms with E-state index in [9.17, 15) is 9.59 Å². The summed E-state index contributed by atoms with van der Waals surface area (Å²) in [4.78, 5) is 34.1. The summed E-state index contributed by atoms with van der Waals surface area (Å²) < 4.78 is 1.72. The highest BCUT2D eigenvalue weighted by atomic mass is 16.2. The molecular formula is C22H24N4O2. The molecule has 0 saturated carbocycles. The van der Waals surface area contributed by atoms with E-state index in [4.69, 9.17) is 0 Å². The van der Waals surface area contributed by atoms with Gasteiger partial charge in [-0.1, -0.05) is 36.4 Å². The lowest BCUT2D eigenvalue weighted by atomic mass is 10.1. The van der Waals surface area contributed by atoms with Gasteiger partial charge >= 0.3 is 0 Å². The van der Waals surface area contributed by atoms with Gasteiger partial charge < -0.3 is 9.80 Å². The first-order chi connectivity index (χ1) is 13.6. The number of fused-ring (bicyclic) bond motifs is 1. The molecule has 1 saturated heterocycles. The van der Waals surface area contributed by atoms with Crippen LogP contribution in [0.1, 0.15) is 45.9 Å². The van der Waals surface area contributed by atoms with Crippen molar-refractivity contribution in [1.29, 1.82) is 0 Å². The van der Waals surface area contributed by atoms with E-state index in [1.54, 1.807) is 22.5 Å². The number of nitrogens with zero attached hydrogens (tertiary/aromatic N) is 4. The summed E-state index contributed by atoms with van der Waals surface area (Å²) in [5.74, 6) is -0.0229. The smallest absolute Gasteiger partial charge is 0.290 e. The van der Waals surface area contributed by atoms with E-state index in [0.29, 0.717) is 17.8 Å².